The fourth-order valence-corrected chi connectivity index (χ4v) is 9.06. The van der Waals surface area contributed by atoms with E-state index in [-0.39, 0.29) is 0 Å². The number of furan rings is 1. The van der Waals surface area contributed by atoms with Crippen molar-refractivity contribution in [2.24, 2.45) is 0 Å². The summed E-state index contributed by atoms with van der Waals surface area (Å²) in [5, 5.41) is 9.74. The van der Waals surface area contributed by atoms with E-state index in [0.717, 1.165) is 39.3 Å². The number of hydrogen-bond acceptors (Lipinski definition) is 3. The summed E-state index contributed by atoms with van der Waals surface area (Å²) in [7, 11) is 0. The van der Waals surface area contributed by atoms with Crippen molar-refractivity contribution < 1.29 is 4.42 Å². The maximum Gasteiger partial charge on any atom is 0.136 e. The molecule has 3 nitrogen and oxygen atoms in total. The summed E-state index contributed by atoms with van der Waals surface area (Å²) in [6, 6.07) is 61.3. The van der Waals surface area contributed by atoms with Gasteiger partial charge in [0.1, 0.15) is 11.2 Å². The van der Waals surface area contributed by atoms with Gasteiger partial charge in [-0.3, -0.25) is 0 Å². The third-order valence-corrected chi connectivity index (χ3v) is 11.3. The molecule has 234 valence electrons. The highest BCUT2D eigenvalue weighted by Crippen LogP contribution is 2.44. The largest absolute Gasteiger partial charge is 0.456 e. The molecule has 3 heterocycles. The van der Waals surface area contributed by atoms with Crippen molar-refractivity contribution in [1.82, 2.24) is 4.57 Å². The highest BCUT2D eigenvalue weighted by molar-refractivity contribution is 7.25. The quantitative estimate of drug-likeness (QED) is 0.188. The number of benzene rings is 8. The van der Waals surface area contributed by atoms with Crippen molar-refractivity contribution in [2.75, 3.05) is 4.90 Å². The lowest BCUT2D eigenvalue weighted by Crippen LogP contribution is -2.09. The van der Waals surface area contributed by atoms with Crippen LogP contribution in [0.4, 0.5) is 17.1 Å². The molecule has 0 aliphatic carbocycles. The Bertz CT molecular complexity index is 3100. The van der Waals surface area contributed by atoms with Crippen molar-refractivity contribution in [3.63, 3.8) is 0 Å². The molecule has 0 saturated carbocycles. The summed E-state index contributed by atoms with van der Waals surface area (Å²) >= 11 is 1.85. The molecule has 8 aromatic carbocycles. The van der Waals surface area contributed by atoms with Crippen LogP contribution in [0.25, 0.3) is 80.4 Å². The Morgan fingerprint density at radius 3 is 2.00 bits per heavy atom. The lowest BCUT2D eigenvalue weighted by atomic mass is 10.0. The number of para-hydroxylation sites is 3. The van der Waals surface area contributed by atoms with Gasteiger partial charge in [-0.2, -0.15) is 0 Å². The molecule has 0 N–H and O–H groups in total. The number of anilines is 3. The molecule has 0 bridgehead atoms. The average molecular weight is 657 g/mol. The average Bonchev–Trinajstić information content (AvgIpc) is 3.84. The molecule has 0 saturated heterocycles. The van der Waals surface area contributed by atoms with Crippen LogP contribution in [0.15, 0.2) is 174 Å². The molecule has 0 unspecified atom stereocenters. The van der Waals surface area contributed by atoms with Crippen LogP contribution in [-0.2, 0) is 0 Å². The van der Waals surface area contributed by atoms with Gasteiger partial charge in [0.2, 0.25) is 0 Å². The van der Waals surface area contributed by atoms with Gasteiger partial charge in [0.25, 0.3) is 0 Å². The molecule has 0 spiro atoms. The highest BCUT2D eigenvalue weighted by atomic mass is 32.1. The van der Waals surface area contributed by atoms with Crippen molar-refractivity contribution in [3.05, 3.63) is 170 Å². The van der Waals surface area contributed by atoms with Crippen molar-refractivity contribution >= 4 is 103 Å². The molecule has 3 aromatic heterocycles. The SMILES string of the molecule is c1ccc(N(c2ccc3c(c2)sc2ccccc23)c2ccc3c(c2)c2cc4c(ccc5oc6ccccc6c54)cc2n3-c2ccccc2)cc1. The smallest absolute Gasteiger partial charge is 0.136 e. The van der Waals surface area contributed by atoms with Gasteiger partial charge in [0, 0.05) is 64.5 Å². The van der Waals surface area contributed by atoms with E-state index >= 15 is 0 Å². The minimum absolute atomic E-state index is 0.914. The van der Waals surface area contributed by atoms with E-state index in [1.54, 1.807) is 0 Å². The minimum atomic E-state index is 0.914. The molecular weight excluding hydrogens is 629 g/mol. The van der Waals surface area contributed by atoms with Gasteiger partial charge in [-0.15, -0.1) is 11.3 Å². The van der Waals surface area contributed by atoms with E-state index in [2.05, 4.69) is 173 Å². The van der Waals surface area contributed by atoms with E-state index in [9.17, 15) is 0 Å². The highest BCUT2D eigenvalue weighted by Gasteiger charge is 2.20. The Morgan fingerprint density at radius 2 is 1.12 bits per heavy atom. The Labute approximate surface area is 291 Å². The van der Waals surface area contributed by atoms with Gasteiger partial charge < -0.3 is 13.9 Å². The number of thiophene rings is 1. The first-order valence-corrected chi connectivity index (χ1v) is 17.7. The fourth-order valence-electron chi connectivity index (χ4n) is 7.92. The molecular formula is C46H28N2OS. The van der Waals surface area contributed by atoms with E-state index in [4.69, 9.17) is 4.42 Å². The number of nitrogens with zero attached hydrogens (tertiary/aromatic N) is 2. The molecule has 0 radical (unpaired) electrons. The first kappa shape index (κ1) is 27.6. The number of hydrogen-bond donors (Lipinski definition) is 0. The van der Waals surface area contributed by atoms with Gasteiger partial charge in [-0.05, 0) is 95.7 Å². The standard InChI is InChI=1S/C46H28N2OS/c1-3-11-30(12-4-1)47(33-20-22-35-34-15-8-10-18-44(34)50-45(35)27-33)32-21-23-40-38(26-32)39-28-37-29(25-41(39)48(40)31-13-5-2-6-14-31)19-24-43-46(37)36-16-7-9-17-42(36)49-43/h1-28H. The van der Waals surface area contributed by atoms with E-state index in [0.29, 0.717) is 0 Å². The monoisotopic (exact) mass is 656 g/mol. The Hall–Kier alpha value is -6.36. The molecule has 0 aliphatic rings. The first-order chi connectivity index (χ1) is 24.8. The van der Waals surface area contributed by atoms with Crippen LogP contribution in [0.5, 0.6) is 0 Å². The van der Waals surface area contributed by atoms with Gasteiger partial charge in [0.15, 0.2) is 0 Å². The predicted octanol–water partition coefficient (Wildman–Crippen LogP) is 13.7. The summed E-state index contributed by atoms with van der Waals surface area (Å²) < 4.78 is 11.3. The molecule has 11 rings (SSSR count). The molecule has 4 heteroatoms. The van der Waals surface area contributed by atoms with Crippen LogP contribution in [0.3, 0.4) is 0 Å². The van der Waals surface area contributed by atoms with Gasteiger partial charge in [-0.1, -0.05) is 84.9 Å². The topological polar surface area (TPSA) is 21.3 Å². The lowest BCUT2D eigenvalue weighted by Gasteiger charge is -2.25. The Balaban J connectivity index is 1.21. The van der Waals surface area contributed by atoms with Crippen LogP contribution < -0.4 is 4.90 Å². The molecule has 50 heavy (non-hydrogen) atoms. The van der Waals surface area contributed by atoms with Crippen LogP contribution in [-0.4, -0.2) is 4.57 Å². The second kappa shape index (κ2) is 10.6. The minimum Gasteiger partial charge on any atom is -0.456 e. The third-order valence-electron chi connectivity index (χ3n) is 10.1. The van der Waals surface area contributed by atoms with E-state index < -0.39 is 0 Å². The van der Waals surface area contributed by atoms with Crippen molar-refractivity contribution in [2.45, 2.75) is 0 Å². The zero-order chi connectivity index (χ0) is 32.8. The zero-order valence-corrected chi connectivity index (χ0v) is 27.7. The van der Waals surface area contributed by atoms with Crippen molar-refractivity contribution in [1.29, 1.82) is 0 Å². The summed E-state index contributed by atoms with van der Waals surface area (Å²) in [5.41, 5.74) is 8.70. The summed E-state index contributed by atoms with van der Waals surface area (Å²) in [5.74, 6) is 0. The molecule has 11 aromatic rings. The molecule has 0 atom stereocenters. The van der Waals surface area contributed by atoms with E-state index in [1.165, 1.54) is 58.1 Å². The van der Waals surface area contributed by atoms with Crippen molar-refractivity contribution in [3.8, 4) is 5.69 Å². The first-order valence-electron chi connectivity index (χ1n) is 16.9. The lowest BCUT2D eigenvalue weighted by molar-refractivity contribution is 0.669. The van der Waals surface area contributed by atoms with Gasteiger partial charge in [-0.25, -0.2) is 0 Å². The number of aromatic nitrogens is 1. The molecule has 0 amide bonds. The van der Waals surface area contributed by atoms with Crippen LogP contribution >= 0.6 is 11.3 Å². The van der Waals surface area contributed by atoms with Crippen LogP contribution in [0.1, 0.15) is 0 Å². The Morgan fingerprint density at radius 1 is 0.420 bits per heavy atom. The normalized spacial score (nSPS) is 12.0. The Kier molecular flexibility index (Phi) is 5.83. The van der Waals surface area contributed by atoms with Crippen LogP contribution in [0.2, 0.25) is 0 Å². The maximum atomic E-state index is 6.32. The van der Waals surface area contributed by atoms with Crippen LogP contribution in [0, 0.1) is 0 Å². The number of fused-ring (bicyclic) bond motifs is 11. The third kappa shape index (κ3) is 4.03. The summed E-state index contributed by atoms with van der Waals surface area (Å²) in [6.45, 7) is 0. The summed E-state index contributed by atoms with van der Waals surface area (Å²) in [4.78, 5) is 2.39. The number of rotatable bonds is 4. The van der Waals surface area contributed by atoms with Gasteiger partial charge in [0.05, 0.1) is 11.0 Å². The summed E-state index contributed by atoms with van der Waals surface area (Å²) in [6.07, 6.45) is 0. The van der Waals surface area contributed by atoms with Gasteiger partial charge >= 0.3 is 0 Å². The zero-order valence-electron chi connectivity index (χ0n) is 26.9. The van der Waals surface area contributed by atoms with E-state index in [1.807, 2.05) is 17.4 Å². The molecule has 0 fully saturated rings. The maximum absolute atomic E-state index is 6.32. The molecule has 0 aliphatic heterocycles. The second-order valence-corrected chi connectivity index (χ2v) is 14.0. The second-order valence-electron chi connectivity index (χ2n) is 12.9. The fraction of sp³-hybridized carbons (Fsp3) is 0. The predicted molar refractivity (Wildman–Crippen MR) is 213 cm³/mol.